The van der Waals surface area contributed by atoms with Crippen molar-refractivity contribution in [2.75, 3.05) is 0 Å². The third kappa shape index (κ3) is 2.80. The molecular formula is C6H7Cl5N4. The van der Waals surface area contributed by atoms with E-state index in [1.54, 1.807) is 0 Å². The van der Waals surface area contributed by atoms with Crippen LogP contribution in [-0.2, 0) is 4.33 Å². The van der Waals surface area contributed by atoms with Crippen molar-refractivity contribution in [3.05, 3.63) is 5.82 Å². The van der Waals surface area contributed by atoms with Crippen LogP contribution in [-0.4, -0.2) is 24.0 Å². The molecule has 1 rings (SSSR count). The van der Waals surface area contributed by atoms with Gasteiger partial charge < -0.3 is 0 Å². The molecule has 0 unspecified atom stereocenters. The molecular weight excluding hydrogens is 305 g/mol. The van der Waals surface area contributed by atoms with Crippen molar-refractivity contribution in [1.29, 1.82) is 0 Å². The highest BCUT2D eigenvalue weighted by atomic mass is 35.6. The van der Waals surface area contributed by atoms with E-state index in [4.69, 9.17) is 58.0 Å². The fraction of sp³-hybridized carbons (Fsp3) is 0.833. The summed E-state index contributed by atoms with van der Waals surface area (Å²) in [4.78, 5) is 1.32. The number of rotatable bonds is 2. The number of nitrogens with zero attached hydrogens (tertiary/aromatic N) is 4. The summed E-state index contributed by atoms with van der Waals surface area (Å²) in [6, 6.07) is 0.0192. The number of hydrogen-bond donors (Lipinski definition) is 0. The summed E-state index contributed by atoms with van der Waals surface area (Å²) < 4.78 is -3.76. The first-order valence-electron chi connectivity index (χ1n) is 3.91. The van der Waals surface area contributed by atoms with Crippen LogP contribution in [0.15, 0.2) is 0 Å². The Morgan fingerprint density at radius 3 is 2.00 bits per heavy atom. The minimum absolute atomic E-state index is 0.0192. The lowest BCUT2D eigenvalue weighted by Gasteiger charge is -2.23. The lowest BCUT2D eigenvalue weighted by molar-refractivity contribution is 0.453. The average Bonchev–Trinajstić information content (AvgIpc) is 2.49. The topological polar surface area (TPSA) is 43.6 Å². The minimum Gasteiger partial charge on any atom is -0.162 e. The normalized spacial score (nSPS) is 13.6. The second-order valence-electron chi connectivity index (χ2n) is 3.10. The molecule has 0 radical (unpaired) electrons. The Bertz CT molecular complexity index is 342. The zero-order valence-corrected chi connectivity index (χ0v) is 11.5. The summed E-state index contributed by atoms with van der Waals surface area (Å²) in [5, 5.41) is 11.3. The Labute approximate surface area is 112 Å². The van der Waals surface area contributed by atoms with Gasteiger partial charge in [0.25, 0.3) is 0 Å². The monoisotopic (exact) mass is 310 g/mol. The van der Waals surface area contributed by atoms with Crippen LogP contribution in [0.1, 0.15) is 25.7 Å². The summed E-state index contributed by atoms with van der Waals surface area (Å²) in [7, 11) is 0. The van der Waals surface area contributed by atoms with Gasteiger partial charge in [-0.3, -0.25) is 0 Å². The predicted molar refractivity (Wildman–Crippen MR) is 61.9 cm³/mol. The molecule has 0 spiro atoms. The van der Waals surface area contributed by atoms with Crippen molar-refractivity contribution < 1.29 is 0 Å². The summed E-state index contributed by atoms with van der Waals surface area (Å²) in [6.45, 7) is 3.73. The summed E-state index contributed by atoms with van der Waals surface area (Å²) >= 11 is 28.5. The highest BCUT2D eigenvalue weighted by Gasteiger charge is 2.51. The Kier molecular flexibility index (Phi) is 4.00. The van der Waals surface area contributed by atoms with Crippen LogP contribution in [0.25, 0.3) is 0 Å². The van der Waals surface area contributed by atoms with Crippen molar-refractivity contribution in [3.63, 3.8) is 0 Å². The maximum atomic E-state index is 5.85. The Morgan fingerprint density at radius 2 is 1.67 bits per heavy atom. The van der Waals surface area contributed by atoms with E-state index in [1.165, 1.54) is 4.80 Å². The average molecular weight is 312 g/mol. The fourth-order valence-corrected chi connectivity index (χ4v) is 1.10. The highest BCUT2D eigenvalue weighted by molar-refractivity contribution is 6.75. The first-order valence-corrected chi connectivity index (χ1v) is 5.79. The van der Waals surface area contributed by atoms with Crippen LogP contribution in [0.5, 0.6) is 0 Å². The summed E-state index contributed by atoms with van der Waals surface area (Å²) in [5.74, 6) is -0.0421. The predicted octanol–water partition coefficient (Wildman–Crippen LogP) is 3.25. The van der Waals surface area contributed by atoms with E-state index in [0.29, 0.717) is 0 Å². The molecule has 0 bridgehead atoms. The van der Waals surface area contributed by atoms with Gasteiger partial charge in [0.2, 0.25) is 14.0 Å². The Balaban J connectivity index is 3.06. The van der Waals surface area contributed by atoms with Crippen molar-refractivity contribution in [2.45, 2.75) is 28.0 Å². The molecule has 0 aliphatic carbocycles. The number of hydrogen-bond acceptors (Lipinski definition) is 3. The smallest absolute Gasteiger partial charge is 0.162 e. The van der Waals surface area contributed by atoms with E-state index in [-0.39, 0.29) is 11.9 Å². The zero-order valence-electron chi connectivity index (χ0n) is 7.76. The van der Waals surface area contributed by atoms with Crippen LogP contribution >= 0.6 is 58.0 Å². The SMILES string of the molecule is CC(C)n1nnc(C(Cl)(Cl)C(Cl)(Cl)Cl)n1. The van der Waals surface area contributed by atoms with Gasteiger partial charge in [0, 0.05) is 0 Å². The van der Waals surface area contributed by atoms with Crippen LogP contribution in [0, 0.1) is 0 Å². The van der Waals surface area contributed by atoms with Crippen LogP contribution < -0.4 is 0 Å². The molecule has 15 heavy (non-hydrogen) atoms. The van der Waals surface area contributed by atoms with Crippen molar-refractivity contribution >= 4 is 58.0 Å². The van der Waals surface area contributed by atoms with Gasteiger partial charge in [-0.1, -0.05) is 58.0 Å². The lowest BCUT2D eigenvalue weighted by Crippen LogP contribution is -2.30. The molecule has 1 heterocycles. The van der Waals surface area contributed by atoms with Crippen LogP contribution in [0.2, 0.25) is 0 Å². The van der Waals surface area contributed by atoms with Gasteiger partial charge in [0.1, 0.15) is 0 Å². The van der Waals surface area contributed by atoms with Crippen molar-refractivity contribution in [3.8, 4) is 0 Å². The van der Waals surface area contributed by atoms with Gasteiger partial charge in [0.15, 0.2) is 0 Å². The molecule has 1 aromatic heterocycles. The largest absolute Gasteiger partial charge is 0.230 e. The van der Waals surface area contributed by atoms with E-state index < -0.39 is 8.13 Å². The zero-order chi connectivity index (χ0) is 11.9. The van der Waals surface area contributed by atoms with Crippen LogP contribution in [0.3, 0.4) is 0 Å². The van der Waals surface area contributed by atoms with Crippen molar-refractivity contribution in [1.82, 2.24) is 20.2 Å². The number of aromatic nitrogens is 4. The number of tetrazole rings is 1. The second kappa shape index (κ2) is 4.41. The van der Waals surface area contributed by atoms with Gasteiger partial charge in [-0.25, -0.2) is 0 Å². The standard InChI is InChI=1S/C6H7Cl5N4/c1-3(2)15-13-4(12-14-15)5(7,8)6(9,10)11/h3H,1-2H3. The second-order valence-corrected chi connectivity index (χ2v) is 6.71. The van der Waals surface area contributed by atoms with E-state index in [2.05, 4.69) is 15.4 Å². The number of alkyl halides is 5. The van der Waals surface area contributed by atoms with E-state index >= 15 is 0 Å². The molecule has 4 nitrogen and oxygen atoms in total. The molecule has 0 aliphatic rings. The molecule has 0 aromatic carbocycles. The molecule has 0 fully saturated rings. The van der Waals surface area contributed by atoms with Gasteiger partial charge in [0.05, 0.1) is 6.04 Å². The van der Waals surface area contributed by atoms with Gasteiger partial charge >= 0.3 is 0 Å². The first-order chi connectivity index (χ1) is 6.66. The molecule has 0 N–H and O–H groups in total. The third-order valence-electron chi connectivity index (χ3n) is 1.53. The Morgan fingerprint density at radius 1 is 1.13 bits per heavy atom. The van der Waals surface area contributed by atoms with E-state index in [9.17, 15) is 0 Å². The van der Waals surface area contributed by atoms with Crippen molar-refractivity contribution in [2.24, 2.45) is 0 Å². The van der Waals surface area contributed by atoms with Gasteiger partial charge in [-0.05, 0) is 19.1 Å². The molecule has 0 aliphatic heterocycles. The number of halogens is 5. The third-order valence-corrected chi connectivity index (χ3v) is 3.86. The summed E-state index contributed by atoms with van der Waals surface area (Å²) in [6.07, 6.45) is 0. The molecule has 1 aromatic rings. The lowest BCUT2D eigenvalue weighted by atomic mass is 10.4. The molecule has 86 valence electrons. The molecule has 0 amide bonds. The first kappa shape index (κ1) is 13.6. The molecule has 0 saturated carbocycles. The highest BCUT2D eigenvalue weighted by Crippen LogP contribution is 2.51. The van der Waals surface area contributed by atoms with Gasteiger partial charge in [-0.15, -0.1) is 10.2 Å². The molecule has 0 saturated heterocycles. The molecule has 9 heteroatoms. The maximum Gasteiger partial charge on any atom is 0.230 e. The minimum atomic E-state index is -1.93. The fourth-order valence-electron chi connectivity index (χ4n) is 0.696. The van der Waals surface area contributed by atoms with Gasteiger partial charge in [-0.2, -0.15) is 4.80 Å². The quantitative estimate of drug-likeness (QED) is 0.787. The molecule has 0 atom stereocenters. The van der Waals surface area contributed by atoms with E-state index in [0.717, 1.165) is 0 Å². The van der Waals surface area contributed by atoms with E-state index in [1.807, 2.05) is 13.8 Å². The summed E-state index contributed by atoms with van der Waals surface area (Å²) in [5.41, 5.74) is 0. The van der Waals surface area contributed by atoms with Crippen LogP contribution in [0.4, 0.5) is 0 Å². The maximum absolute atomic E-state index is 5.85. The Hall–Kier alpha value is 0.520.